The van der Waals surface area contributed by atoms with E-state index in [2.05, 4.69) is 9.72 Å². The molecule has 0 atom stereocenters. The summed E-state index contributed by atoms with van der Waals surface area (Å²) in [6, 6.07) is 10.8. The Balaban J connectivity index is 1.94. The van der Waals surface area contributed by atoms with Crippen molar-refractivity contribution in [1.82, 2.24) is 9.55 Å². The van der Waals surface area contributed by atoms with Crippen molar-refractivity contribution in [2.24, 2.45) is 0 Å². The van der Waals surface area contributed by atoms with Crippen LogP contribution in [0.2, 0.25) is 0 Å². The Hall–Kier alpha value is -3.89. The summed E-state index contributed by atoms with van der Waals surface area (Å²) in [6.45, 7) is 0. The highest BCUT2D eigenvalue weighted by Gasteiger charge is 2.33. The van der Waals surface area contributed by atoms with Gasteiger partial charge in [-0.15, -0.1) is 13.2 Å². The molecule has 0 aliphatic carbocycles. The molecule has 2 aromatic heterocycles. The Labute approximate surface area is 180 Å². The fraction of sp³-hybridized carbons (Fsp3) is 0.0909. The molecular weight excluding hydrogens is 457 g/mol. The topological polar surface area (TPSA) is 44.1 Å². The molecule has 0 N–H and O–H groups in total. The average Bonchev–Trinajstić information content (AvgIpc) is 2.74. The molecule has 0 fully saturated rings. The number of hydrogen-bond acceptors (Lipinski definition) is 3. The lowest BCUT2D eigenvalue weighted by Gasteiger charge is -2.15. The second-order valence-electron chi connectivity index (χ2n) is 6.86. The van der Waals surface area contributed by atoms with E-state index >= 15 is 0 Å². The Morgan fingerprint density at radius 3 is 2.03 bits per heavy atom. The van der Waals surface area contributed by atoms with E-state index in [4.69, 9.17) is 0 Å². The Kier molecular flexibility index (Phi) is 5.35. The van der Waals surface area contributed by atoms with Crippen LogP contribution in [0.5, 0.6) is 5.75 Å². The number of hydrogen-bond donors (Lipinski definition) is 0. The number of alkyl halides is 6. The van der Waals surface area contributed by atoms with Crippen molar-refractivity contribution in [3.8, 4) is 22.6 Å². The van der Waals surface area contributed by atoms with Crippen LogP contribution >= 0.6 is 0 Å². The summed E-state index contributed by atoms with van der Waals surface area (Å²) in [7, 11) is 0. The van der Waals surface area contributed by atoms with Crippen LogP contribution in [0, 0.1) is 5.82 Å². The van der Waals surface area contributed by atoms with Crippen molar-refractivity contribution in [3.63, 3.8) is 0 Å². The van der Waals surface area contributed by atoms with E-state index in [0.29, 0.717) is 6.07 Å². The molecule has 0 bridgehead atoms. The molecule has 0 spiro atoms. The maximum Gasteiger partial charge on any atom is 0.573 e. The van der Waals surface area contributed by atoms with E-state index < -0.39 is 35.4 Å². The molecule has 0 saturated heterocycles. The molecule has 170 valence electrons. The molecule has 0 saturated carbocycles. The molecule has 0 radical (unpaired) electrons. The average molecular weight is 468 g/mol. The number of benzene rings is 2. The van der Waals surface area contributed by atoms with Gasteiger partial charge in [0.1, 0.15) is 17.3 Å². The molecule has 33 heavy (non-hydrogen) atoms. The molecule has 2 heterocycles. The van der Waals surface area contributed by atoms with Crippen molar-refractivity contribution in [2.45, 2.75) is 12.5 Å². The molecule has 4 rings (SSSR count). The van der Waals surface area contributed by atoms with Crippen LogP contribution in [0.15, 0.2) is 71.7 Å². The van der Waals surface area contributed by atoms with Crippen LogP contribution in [0.4, 0.5) is 30.7 Å². The maximum absolute atomic E-state index is 13.4. The van der Waals surface area contributed by atoms with Crippen molar-refractivity contribution < 1.29 is 35.5 Å². The standard InChI is InChI=1S/C22H11F7N2O2/c23-13-3-1-12(2-4-13)17-11-31(14-5-7-15(8-6-14)33-22(27,28)29)20(32)16-9-10-18(21(24,25)26)30-19(16)17/h1-11H. The second kappa shape index (κ2) is 7.91. The first-order valence-corrected chi connectivity index (χ1v) is 9.18. The highest BCUT2D eigenvalue weighted by Crippen LogP contribution is 2.32. The van der Waals surface area contributed by atoms with Gasteiger partial charge in [-0.3, -0.25) is 9.36 Å². The van der Waals surface area contributed by atoms with E-state index in [0.717, 1.165) is 34.9 Å². The second-order valence-corrected chi connectivity index (χ2v) is 6.86. The van der Waals surface area contributed by atoms with Gasteiger partial charge in [-0.2, -0.15) is 13.2 Å². The molecule has 0 unspecified atom stereocenters. The van der Waals surface area contributed by atoms with Crippen LogP contribution in [-0.4, -0.2) is 15.9 Å². The monoisotopic (exact) mass is 468 g/mol. The van der Waals surface area contributed by atoms with Gasteiger partial charge in [-0.1, -0.05) is 12.1 Å². The molecular formula is C22H11F7N2O2. The van der Waals surface area contributed by atoms with Gasteiger partial charge in [-0.25, -0.2) is 9.37 Å². The van der Waals surface area contributed by atoms with E-state index in [1.807, 2.05) is 0 Å². The zero-order valence-corrected chi connectivity index (χ0v) is 16.2. The Morgan fingerprint density at radius 2 is 1.45 bits per heavy atom. The van der Waals surface area contributed by atoms with Gasteiger partial charge in [0.25, 0.3) is 5.56 Å². The number of rotatable bonds is 3. The van der Waals surface area contributed by atoms with Crippen LogP contribution in [0.3, 0.4) is 0 Å². The summed E-state index contributed by atoms with van der Waals surface area (Å²) < 4.78 is 95.1. The van der Waals surface area contributed by atoms with Crippen LogP contribution in [0.25, 0.3) is 27.7 Å². The molecule has 0 amide bonds. The molecule has 0 aliphatic heterocycles. The van der Waals surface area contributed by atoms with E-state index in [-0.39, 0.29) is 27.7 Å². The van der Waals surface area contributed by atoms with Gasteiger partial charge in [0, 0.05) is 17.4 Å². The predicted octanol–water partition coefficient (Wildman–Crippen LogP) is 6.11. The van der Waals surface area contributed by atoms with Gasteiger partial charge in [0.15, 0.2) is 0 Å². The number of pyridine rings is 2. The largest absolute Gasteiger partial charge is 0.573 e. The summed E-state index contributed by atoms with van der Waals surface area (Å²) in [5.74, 6) is -1.10. The maximum atomic E-state index is 13.4. The van der Waals surface area contributed by atoms with Gasteiger partial charge in [0.2, 0.25) is 0 Å². The molecule has 0 aliphatic rings. The lowest BCUT2D eigenvalue weighted by atomic mass is 10.0. The highest BCUT2D eigenvalue weighted by atomic mass is 19.4. The lowest BCUT2D eigenvalue weighted by molar-refractivity contribution is -0.274. The number of halogens is 7. The van der Waals surface area contributed by atoms with Gasteiger partial charge in [-0.05, 0) is 54.1 Å². The number of nitrogens with zero attached hydrogens (tertiary/aromatic N) is 2. The van der Waals surface area contributed by atoms with Crippen molar-refractivity contribution in [3.05, 3.63) is 88.7 Å². The van der Waals surface area contributed by atoms with Crippen molar-refractivity contribution >= 4 is 10.9 Å². The third-order valence-electron chi connectivity index (χ3n) is 4.65. The first kappa shape index (κ1) is 22.3. The minimum absolute atomic E-state index is 0.0892. The summed E-state index contributed by atoms with van der Waals surface area (Å²) in [4.78, 5) is 16.6. The summed E-state index contributed by atoms with van der Waals surface area (Å²) in [5.41, 5.74) is -1.73. The molecule has 11 heteroatoms. The first-order valence-electron chi connectivity index (χ1n) is 9.18. The van der Waals surface area contributed by atoms with E-state index in [1.165, 1.54) is 30.5 Å². The minimum atomic E-state index is -4.90. The zero-order valence-electron chi connectivity index (χ0n) is 16.2. The molecule has 2 aromatic carbocycles. The number of fused-ring (bicyclic) bond motifs is 1. The Morgan fingerprint density at radius 1 is 0.818 bits per heavy atom. The predicted molar refractivity (Wildman–Crippen MR) is 104 cm³/mol. The van der Waals surface area contributed by atoms with Gasteiger partial charge >= 0.3 is 12.5 Å². The van der Waals surface area contributed by atoms with Crippen molar-refractivity contribution in [1.29, 1.82) is 0 Å². The Bertz CT molecular complexity index is 1370. The summed E-state index contributed by atoms with van der Waals surface area (Å²) >= 11 is 0. The molecule has 4 aromatic rings. The quantitative estimate of drug-likeness (QED) is 0.341. The normalized spacial score (nSPS) is 12.2. The third-order valence-corrected chi connectivity index (χ3v) is 4.65. The highest BCUT2D eigenvalue weighted by molar-refractivity contribution is 5.93. The SMILES string of the molecule is O=c1c2ccc(C(F)(F)F)nc2c(-c2ccc(F)cc2)cn1-c1ccc(OC(F)(F)F)cc1. The van der Waals surface area contributed by atoms with E-state index in [1.54, 1.807) is 0 Å². The molecule has 4 nitrogen and oxygen atoms in total. The first-order chi connectivity index (χ1) is 15.4. The zero-order chi connectivity index (χ0) is 24.0. The van der Waals surface area contributed by atoms with Gasteiger partial charge in [0.05, 0.1) is 10.9 Å². The van der Waals surface area contributed by atoms with Crippen LogP contribution in [-0.2, 0) is 6.18 Å². The fourth-order valence-electron chi connectivity index (χ4n) is 3.21. The number of aromatic nitrogens is 2. The smallest absolute Gasteiger partial charge is 0.406 e. The summed E-state index contributed by atoms with van der Waals surface area (Å²) in [6.07, 6.45) is -8.47. The van der Waals surface area contributed by atoms with Crippen LogP contribution in [0.1, 0.15) is 5.69 Å². The minimum Gasteiger partial charge on any atom is -0.406 e. The summed E-state index contributed by atoms with van der Waals surface area (Å²) in [5, 5.41) is -0.166. The van der Waals surface area contributed by atoms with Gasteiger partial charge < -0.3 is 4.74 Å². The number of ether oxygens (including phenoxy) is 1. The fourth-order valence-corrected chi connectivity index (χ4v) is 3.21. The van der Waals surface area contributed by atoms with Crippen molar-refractivity contribution in [2.75, 3.05) is 0 Å². The lowest BCUT2D eigenvalue weighted by Crippen LogP contribution is -2.20. The van der Waals surface area contributed by atoms with Crippen LogP contribution < -0.4 is 10.3 Å². The third kappa shape index (κ3) is 4.66. The van der Waals surface area contributed by atoms with E-state index in [9.17, 15) is 35.5 Å².